The lowest BCUT2D eigenvalue weighted by atomic mass is 10.3. The van der Waals surface area contributed by atoms with Crippen LogP contribution in [0.1, 0.15) is 0 Å². The van der Waals surface area contributed by atoms with Gasteiger partial charge in [-0.2, -0.15) is 13.2 Å². The normalized spacial score (nSPS) is 12.0. The molecule has 0 radical (unpaired) electrons. The molecule has 6 nitrogen and oxygen atoms in total. The van der Waals surface area contributed by atoms with Gasteiger partial charge in [0.05, 0.1) is 19.3 Å². The first kappa shape index (κ1) is 17.2. The van der Waals surface area contributed by atoms with E-state index in [1.165, 1.54) is 24.3 Å². The van der Waals surface area contributed by atoms with Crippen LogP contribution in [0.3, 0.4) is 0 Å². The average molecular weight is 325 g/mol. The lowest BCUT2D eigenvalue weighted by Crippen LogP contribution is -2.35. The molecule has 0 fully saturated rings. The average Bonchev–Trinajstić information content (AvgIpc) is 2.28. The summed E-state index contributed by atoms with van der Waals surface area (Å²) in [7, 11) is -3.39. The highest BCUT2D eigenvalue weighted by Crippen LogP contribution is 2.14. The number of anilines is 2. The number of sulfonamides is 1. The SMILES string of the molecule is CS(=O)(=O)Nc1ccc(NC(=O)CNCC(F)(F)F)cc1. The maximum Gasteiger partial charge on any atom is 0.401 e. The number of carbonyl (C=O) groups is 1. The molecule has 0 aromatic heterocycles. The van der Waals surface area contributed by atoms with Crippen molar-refractivity contribution in [1.82, 2.24) is 5.32 Å². The maximum atomic E-state index is 11.9. The van der Waals surface area contributed by atoms with E-state index in [0.717, 1.165) is 6.26 Å². The van der Waals surface area contributed by atoms with Crippen molar-refractivity contribution < 1.29 is 26.4 Å². The molecule has 118 valence electrons. The second kappa shape index (κ2) is 6.76. The van der Waals surface area contributed by atoms with Crippen LogP contribution in [0.25, 0.3) is 0 Å². The van der Waals surface area contributed by atoms with Gasteiger partial charge in [0.1, 0.15) is 0 Å². The predicted octanol–water partition coefficient (Wildman–Crippen LogP) is 1.15. The van der Waals surface area contributed by atoms with Gasteiger partial charge in [0.2, 0.25) is 15.9 Å². The predicted molar refractivity (Wildman–Crippen MR) is 72.5 cm³/mol. The minimum atomic E-state index is -4.38. The molecular formula is C11H14F3N3O3S. The Hall–Kier alpha value is -1.81. The lowest BCUT2D eigenvalue weighted by molar-refractivity contribution is -0.126. The molecule has 3 N–H and O–H groups in total. The first-order chi connectivity index (χ1) is 9.55. The summed E-state index contributed by atoms with van der Waals surface area (Å²) in [6.45, 7) is -1.74. The molecule has 0 bridgehead atoms. The van der Waals surface area contributed by atoms with Gasteiger partial charge in [-0.3, -0.25) is 9.52 Å². The van der Waals surface area contributed by atoms with Crippen molar-refractivity contribution >= 4 is 27.3 Å². The molecule has 1 rings (SSSR count). The van der Waals surface area contributed by atoms with Gasteiger partial charge in [-0.15, -0.1) is 0 Å². The van der Waals surface area contributed by atoms with E-state index in [1.54, 1.807) is 0 Å². The smallest absolute Gasteiger partial charge is 0.325 e. The monoisotopic (exact) mass is 325 g/mol. The second-order valence-corrected chi connectivity index (χ2v) is 5.97. The van der Waals surface area contributed by atoms with Crippen LogP contribution in [-0.2, 0) is 14.8 Å². The number of amides is 1. The Morgan fingerprint density at radius 2 is 1.67 bits per heavy atom. The Bertz CT molecular complexity index is 585. The maximum absolute atomic E-state index is 11.9. The van der Waals surface area contributed by atoms with Crippen molar-refractivity contribution in [2.24, 2.45) is 0 Å². The summed E-state index contributed by atoms with van der Waals surface area (Å²) in [5.41, 5.74) is 0.651. The van der Waals surface area contributed by atoms with Gasteiger partial charge >= 0.3 is 6.18 Å². The van der Waals surface area contributed by atoms with E-state index in [9.17, 15) is 26.4 Å². The molecule has 0 unspecified atom stereocenters. The molecule has 0 atom stereocenters. The van der Waals surface area contributed by atoms with Crippen molar-refractivity contribution in [1.29, 1.82) is 0 Å². The van der Waals surface area contributed by atoms with E-state index >= 15 is 0 Å². The summed E-state index contributed by atoms with van der Waals surface area (Å²) in [5, 5.41) is 4.33. The topological polar surface area (TPSA) is 87.3 Å². The third kappa shape index (κ3) is 8.15. The van der Waals surface area contributed by atoms with E-state index in [1.807, 2.05) is 5.32 Å². The van der Waals surface area contributed by atoms with Crippen molar-refractivity contribution in [2.45, 2.75) is 6.18 Å². The van der Waals surface area contributed by atoms with Crippen molar-refractivity contribution in [3.63, 3.8) is 0 Å². The molecule has 1 aromatic carbocycles. The molecule has 0 aliphatic heterocycles. The van der Waals surface area contributed by atoms with Gasteiger partial charge in [-0.05, 0) is 24.3 Å². The number of rotatable bonds is 6. The zero-order valence-corrected chi connectivity index (χ0v) is 11.8. The lowest BCUT2D eigenvalue weighted by Gasteiger charge is -2.09. The number of hydrogen-bond acceptors (Lipinski definition) is 4. The minimum absolute atomic E-state index is 0.311. The highest BCUT2D eigenvalue weighted by Gasteiger charge is 2.26. The Morgan fingerprint density at radius 3 is 2.14 bits per heavy atom. The van der Waals surface area contributed by atoms with Crippen molar-refractivity contribution in [3.8, 4) is 0 Å². The highest BCUT2D eigenvalue weighted by molar-refractivity contribution is 7.92. The van der Waals surface area contributed by atoms with E-state index in [2.05, 4.69) is 10.0 Å². The number of carbonyl (C=O) groups excluding carboxylic acids is 1. The molecule has 0 saturated heterocycles. The number of halogens is 3. The molecular weight excluding hydrogens is 311 g/mol. The van der Waals surface area contributed by atoms with E-state index in [-0.39, 0.29) is 0 Å². The molecule has 1 aromatic rings. The summed E-state index contributed by atoms with van der Waals surface area (Å²) < 4.78 is 59.8. The molecule has 0 aliphatic carbocycles. The Morgan fingerprint density at radius 1 is 1.14 bits per heavy atom. The number of nitrogens with one attached hydrogen (secondary N) is 3. The van der Waals surface area contributed by atoms with Crippen molar-refractivity contribution in [3.05, 3.63) is 24.3 Å². The first-order valence-electron chi connectivity index (χ1n) is 5.70. The molecule has 1 amide bonds. The molecule has 0 aliphatic rings. The van der Waals surface area contributed by atoms with Crippen LogP contribution in [0, 0.1) is 0 Å². The third-order valence-electron chi connectivity index (χ3n) is 2.08. The van der Waals surface area contributed by atoms with Gasteiger partial charge in [-0.25, -0.2) is 8.42 Å². The molecule has 0 spiro atoms. The molecule has 10 heteroatoms. The van der Waals surface area contributed by atoms with Gasteiger partial charge in [-0.1, -0.05) is 0 Å². The Kier molecular flexibility index (Phi) is 5.55. The molecule has 0 heterocycles. The third-order valence-corrected chi connectivity index (χ3v) is 2.69. The van der Waals surface area contributed by atoms with Crippen LogP contribution in [0.15, 0.2) is 24.3 Å². The summed E-state index contributed by atoms with van der Waals surface area (Å²) in [6.07, 6.45) is -3.38. The number of alkyl halides is 3. The first-order valence-corrected chi connectivity index (χ1v) is 7.59. The largest absolute Gasteiger partial charge is 0.401 e. The van der Waals surface area contributed by atoms with Gasteiger partial charge in [0, 0.05) is 11.4 Å². The summed E-state index contributed by atoms with van der Waals surface area (Å²) >= 11 is 0. The summed E-state index contributed by atoms with van der Waals surface area (Å²) in [6, 6.07) is 5.68. The fraction of sp³-hybridized carbons (Fsp3) is 0.364. The number of hydrogen-bond donors (Lipinski definition) is 3. The molecule has 21 heavy (non-hydrogen) atoms. The summed E-state index contributed by atoms with van der Waals surface area (Å²) in [5.74, 6) is -0.636. The summed E-state index contributed by atoms with van der Waals surface area (Å²) in [4.78, 5) is 11.4. The van der Waals surface area contributed by atoms with Crippen LogP contribution in [0.4, 0.5) is 24.5 Å². The fourth-order valence-electron chi connectivity index (χ4n) is 1.36. The fourth-order valence-corrected chi connectivity index (χ4v) is 1.92. The van der Waals surface area contributed by atoms with E-state index in [0.29, 0.717) is 11.4 Å². The Balaban J connectivity index is 2.46. The zero-order valence-electron chi connectivity index (χ0n) is 11.0. The van der Waals surface area contributed by atoms with Crippen LogP contribution in [-0.4, -0.2) is 39.8 Å². The van der Waals surface area contributed by atoms with E-state index in [4.69, 9.17) is 0 Å². The van der Waals surface area contributed by atoms with Crippen LogP contribution in [0.5, 0.6) is 0 Å². The quantitative estimate of drug-likeness (QED) is 0.732. The highest BCUT2D eigenvalue weighted by atomic mass is 32.2. The standard InChI is InChI=1S/C11H14F3N3O3S/c1-21(19,20)17-9-4-2-8(3-5-9)16-10(18)6-15-7-11(12,13)14/h2-5,15,17H,6-7H2,1H3,(H,16,18). The Labute approximate surface area is 119 Å². The number of benzene rings is 1. The van der Waals surface area contributed by atoms with Crippen molar-refractivity contribution in [2.75, 3.05) is 29.4 Å². The van der Waals surface area contributed by atoms with Crippen LogP contribution in [0.2, 0.25) is 0 Å². The van der Waals surface area contributed by atoms with E-state index < -0.39 is 35.2 Å². The second-order valence-electron chi connectivity index (χ2n) is 4.22. The van der Waals surface area contributed by atoms with Gasteiger partial charge in [0.25, 0.3) is 0 Å². The zero-order chi connectivity index (χ0) is 16.1. The molecule has 0 saturated carbocycles. The van der Waals surface area contributed by atoms with Gasteiger partial charge < -0.3 is 10.6 Å². The minimum Gasteiger partial charge on any atom is -0.325 e. The van der Waals surface area contributed by atoms with Gasteiger partial charge in [0.15, 0.2) is 0 Å². The van der Waals surface area contributed by atoms with Crippen LogP contribution < -0.4 is 15.4 Å². The van der Waals surface area contributed by atoms with Crippen LogP contribution >= 0.6 is 0 Å².